The zero-order valence-corrected chi connectivity index (χ0v) is 8.67. The van der Waals surface area contributed by atoms with E-state index in [4.69, 9.17) is 0 Å². The SMILES string of the molecule is Cn1nc(C2CC2)nc1Cn1cccn1. The molecule has 2 aromatic rings. The maximum atomic E-state index is 4.54. The van der Waals surface area contributed by atoms with E-state index in [0.717, 1.165) is 11.6 Å². The minimum atomic E-state index is 0.613. The second kappa shape index (κ2) is 3.18. The monoisotopic (exact) mass is 203 g/mol. The second-order valence-electron chi connectivity index (χ2n) is 3.99. The lowest BCUT2D eigenvalue weighted by Gasteiger charge is -1.99. The average molecular weight is 203 g/mol. The van der Waals surface area contributed by atoms with E-state index < -0.39 is 0 Å². The highest BCUT2D eigenvalue weighted by molar-refractivity contribution is 5.06. The summed E-state index contributed by atoms with van der Waals surface area (Å²) in [5, 5.41) is 8.58. The molecule has 0 radical (unpaired) electrons. The van der Waals surface area contributed by atoms with Gasteiger partial charge in [0, 0.05) is 25.4 Å². The summed E-state index contributed by atoms with van der Waals surface area (Å²) in [4.78, 5) is 4.54. The third-order valence-electron chi connectivity index (χ3n) is 2.67. The van der Waals surface area contributed by atoms with Crippen LogP contribution in [-0.4, -0.2) is 24.5 Å². The molecule has 2 heterocycles. The van der Waals surface area contributed by atoms with Gasteiger partial charge >= 0.3 is 0 Å². The molecule has 0 saturated heterocycles. The van der Waals surface area contributed by atoms with Crippen LogP contribution in [-0.2, 0) is 13.6 Å². The Morgan fingerprint density at radius 3 is 3.00 bits per heavy atom. The number of nitrogens with zero attached hydrogens (tertiary/aromatic N) is 5. The fraction of sp³-hybridized carbons (Fsp3) is 0.500. The lowest BCUT2D eigenvalue weighted by atomic mass is 10.4. The number of hydrogen-bond donors (Lipinski definition) is 0. The molecule has 2 aromatic heterocycles. The molecule has 1 fully saturated rings. The molecule has 0 unspecified atom stereocenters. The smallest absolute Gasteiger partial charge is 0.154 e. The molecule has 0 aromatic carbocycles. The van der Waals surface area contributed by atoms with Crippen molar-refractivity contribution >= 4 is 0 Å². The van der Waals surface area contributed by atoms with Crippen molar-refractivity contribution in [3.63, 3.8) is 0 Å². The van der Waals surface area contributed by atoms with Crippen LogP contribution in [0, 0.1) is 0 Å². The van der Waals surface area contributed by atoms with Crippen LogP contribution in [0.5, 0.6) is 0 Å². The molecule has 0 bridgehead atoms. The third kappa shape index (κ3) is 1.65. The van der Waals surface area contributed by atoms with Gasteiger partial charge in [-0.15, -0.1) is 0 Å². The van der Waals surface area contributed by atoms with Gasteiger partial charge in [0.2, 0.25) is 0 Å². The normalized spacial score (nSPS) is 15.8. The first-order chi connectivity index (χ1) is 7.33. The van der Waals surface area contributed by atoms with Crippen LogP contribution in [0.25, 0.3) is 0 Å². The molecule has 1 aliphatic carbocycles. The molecule has 3 rings (SSSR count). The van der Waals surface area contributed by atoms with E-state index in [1.807, 2.05) is 28.7 Å². The Labute approximate surface area is 87.7 Å². The van der Waals surface area contributed by atoms with Crippen molar-refractivity contribution in [3.8, 4) is 0 Å². The molecule has 1 aliphatic rings. The van der Waals surface area contributed by atoms with E-state index in [2.05, 4.69) is 15.2 Å². The third-order valence-corrected chi connectivity index (χ3v) is 2.67. The van der Waals surface area contributed by atoms with E-state index in [0.29, 0.717) is 12.5 Å². The highest BCUT2D eigenvalue weighted by Gasteiger charge is 2.28. The summed E-state index contributed by atoms with van der Waals surface area (Å²) >= 11 is 0. The Hall–Kier alpha value is -1.65. The van der Waals surface area contributed by atoms with Crippen molar-refractivity contribution in [1.29, 1.82) is 0 Å². The second-order valence-corrected chi connectivity index (χ2v) is 3.99. The number of rotatable bonds is 3. The zero-order chi connectivity index (χ0) is 10.3. The zero-order valence-electron chi connectivity index (χ0n) is 8.67. The summed E-state index contributed by atoms with van der Waals surface area (Å²) in [6.07, 6.45) is 6.19. The lowest BCUT2D eigenvalue weighted by Crippen LogP contribution is -2.06. The van der Waals surface area contributed by atoms with Crippen LogP contribution in [0.1, 0.15) is 30.4 Å². The van der Waals surface area contributed by atoms with Gasteiger partial charge in [0.05, 0.1) is 0 Å². The predicted molar refractivity (Wildman–Crippen MR) is 54.3 cm³/mol. The number of hydrogen-bond acceptors (Lipinski definition) is 3. The average Bonchev–Trinajstić information content (AvgIpc) is 2.84. The Balaban J connectivity index is 1.84. The Bertz CT molecular complexity index is 452. The van der Waals surface area contributed by atoms with E-state index >= 15 is 0 Å². The van der Waals surface area contributed by atoms with Gasteiger partial charge in [-0.25, -0.2) is 4.98 Å². The number of aromatic nitrogens is 5. The fourth-order valence-electron chi connectivity index (χ4n) is 1.63. The van der Waals surface area contributed by atoms with Crippen LogP contribution in [0.4, 0.5) is 0 Å². The predicted octanol–water partition coefficient (Wildman–Crippen LogP) is 0.937. The van der Waals surface area contributed by atoms with Crippen molar-refractivity contribution in [2.45, 2.75) is 25.3 Å². The van der Waals surface area contributed by atoms with Crippen molar-refractivity contribution in [2.24, 2.45) is 7.05 Å². The summed E-state index contributed by atoms with van der Waals surface area (Å²) in [5.41, 5.74) is 0. The molecular formula is C10H13N5. The maximum Gasteiger partial charge on any atom is 0.154 e. The van der Waals surface area contributed by atoms with Crippen molar-refractivity contribution < 1.29 is 0 Å². The van der Waals surface area contributed by atoms with Gasteiger partial charge in [-0.05, 0) is 18.9 Å². The van der Waals surface area contributed by atoms with Gasteiger partial charge in [0.1, 0.15) is 12.4 Å². The summed E-state index contributed by atoms with van der Waals surface area (Å²) in [7, 11) is 1.94. The van der Waals surface area contributed by atoms with Gasteiger partial charge in [-0.2, -0.15) is 10.2 Å². The van der Waals surface area contributed by atoms with Crippen LogP contribution < -0.4 is 0 Å². The van der Waals surface area contributed by atoms with Crippen LogP contribution in [0.15, 0.2) is 18.5 Å². The topological polar surface area (TPSA) is 48.5 Å². The lowest BCUT2D eigenvalue weighted by molar-refractivity contribution is 0.607. The minimum Gasteiger partial charge on any atom is -0.265 e. The first kappa shape index (κ1) is 8.64. The van der Waals surface area contributed by atoms with Gasteiger partial charge in [0.15, 0.2) is 5.82 Å². The Morgan fingerprint density at radius 2 is 2.33 bits per heavy atom. The van der Waals surface area contributed by atoms with Crippen LogP contribution >= 0.6 is 0 Å². The molecule has 5 heteroatoms. The summed E-state index contributed by atoms with van der Waals surface area (Å²) in [6.45, 7) is 0.698. The summed E-state index contributed by atoms with van der Waals surface area (Å²) in [5.74, 6) is 2.59. The quantitative estimate of drug-likeness (QED) is 0.745. The summed E-state index contributed by atoms with van der Waals surface area (Å²) in [6, 6.07) is 1.91. The molecule has 0 atom stereocenters. The van der Waals surface area contributed by atoms with Crippen molar-refractivity contribution in [1.82, 2.24) is 24.5 Å². The van der Waals surface area contributed by atoms with Gasteiger partial charge in [0.25, 0.3) is 0 Å². The number of aryl methyl sites for hydroxylation is 1. The molecule has 1 saturated carbocycles. The largest absolute Gasteiger partial charge is 0.265 e. The van der Waals surface area contributed by atoms with Crippen LogP contribution in [0.2, 0.25) is 0 Å². The van der Waals surface area contributed by atoms with Crippen LogP contribution in [0.3, 0.4) is 0 Å². The first-order valence-electron chi connectivity index (χ1n) is 5.20. The molecule has 5 nitrogen and oxygen atoms in total. The van der Waals surface area contributed by atoms with Gasteiger partial charge < -0.3 is 0 Å². The van der Waals surface area contributed by atoms with E-state index in [-0.39, 0.29) is 0 Å². The van der Waals surface area contributed by atoms with Crippen molar-refractivity contribution in [3.05, 3.63) is 30.1 Å². The highest BCUT2D eigenvalue weighted by atomic mass is 15.4. The standard InChI is InChI=1S/C10H13N5/c1-14-9(7-15-6-2-5-11-15)12-10(13-14)8-3-4-8/h2,5-6,8H,3-4,7H2,1H3. The van der Waals surface area contributed by atoms with E-state index in [9.17, 15) is 0 Å². The fourth-order valence-corrected chi connectivity index (χ4v) is 1.63. The highest BCUT2D eigenvalue weighted by Crippen LogP contribution is 2.37. The molecule has 0 amide bonds. The Morgan fingerprint density at radius 1 is 1.47 bits per heavy atom. The van der Waals surface area contributed by atoms with E-state index in [1.165, 1.54) is 12.8 Å². The van der Waals surface area contributed by atoms with Gasteiger partial charge in [-0.3, -0.25) is 9.36 Å². The molecule has 78 valence electrons. The summed E-state index contributed by atoms with van der Waals surface area (Å²) < 4.78 is 3.72. The molecule has 0 N–H and O–H groups in total. The first-order valence-corrected chi connectivity index (χ1v) is 5.20. The Kier molecular flexibility index (Phi) is 1.83. The molecule has 0 aliphatic heterocycles. The molecule has 0 spiro atoms. The minimum absolute atomic E-state index is 0.613. The van der Waals surface area contributed by atoms with Crippen molar-refractivity contribution in [2.75, 3.05) is 0 Å². The molecular weight excluding hydrogens is 190 g/mol. The van der Waals surface area contributed by atoms with E-state index in [1.54, 1.807) is 6.20 Å². The van der Waals surface area contributed by atoms with Gasteiger partial charge in [-0.1, -0.05) is 0 Å². The maximum absolute atomic E-state index is 4.54. The molecule has 15 heavy (non-hydrogen) atoms.